The van der Waals surface area contributed by atoms with E-state index in [1.165, 1.54) is 6.26 Å². The van der Waals surface area contributed by atoms with Crippen LogP contribution in [0.4, 0.5) is 6.01 Å². The monoisotopic (exact) mass is 235 g/mol. The van der Waals surface area contributed by atoms with Gasteiger partial charge in [0.05, 0.1) is 0 Å². The minimum absolute atomic E-state index is 0.0608. The van der Waals surface area contributed by atoms with Crippen LogP contribution < -0.4 is 10.6 Å². The van der Waals surface area contributed by atoms with Gasteiger partial charge in [0.15, 0.2) is 5.69 Å². The van der Waals surface area contributed by atoms with Crippen molar-refractivity contribution in [2.75, 3.05) is 11.9 Å². The first-order chi connectivity index (χ1) is 8.20. The van der Waals surface area contributed by atoms with Crippen LogP contribution in [0.2, 0.25) is 0 Å². The number of oxazole rings is 1. The number of nitrogens with zero attached hydrogens (tertiary/aromatic N) is 1. The van der Waals surface area contributed by atoms with Crippen LogP contribution in [0.3, 0.4) is 0 Å². The summed E-state index contributed by atoms with van der Waals surface area (Å²) in [6.45, 7) is 3.84. The predicted molar refractivity (Wildman–Crippen MR) is 60.4 cm³/mol. The van der Waals surface area contributed by atoms with Crippen LogP contribution in [0.5, 0.6) is 0 Å². The number of hydrogen-bond donors (Lipinski definition) is 2. The first-order valence-electron chi connectivity index (χ1n) is 5.36. The second kappa shape index (κ2) is 4.82. The fourth-order valence-electron chi connectivity index (χ4n) is 1.24. The SMILES string of the molecule is C=CCNC(=O)c1coc(NC(=O)C2CC2)n1. The average Bonchev–Trinajstić information content (AvgIpc) is 3.07. The van der Waals surface area contributed by atoms with Crippen LogP contribution in [0.15, 0.2) is 23.3 Å². The van der Waals surface area contributed by atoms with Crippen LogP contribution in [-0.4, -0.2) is 23.3 Å². The van der Waals surface area contributed by atoms with Crippen LogP contribution in [0.1, 0.15) is 23.3 Å². The summed E-state index contributed by atoms with van der Waals surface area (Å²) in [5, 5.41) is 5.08. The summed E-state index contributed by atoms with van der Waals surface area (Å²) in [6, 6.07) is 0.0608. The molecule has 1 heterocycles. The largest absolute Gasteiger partial charge is 0.431 e. The molecule has 1 saturated carbocycles. The normalized spacial score (nSPS) is 14.1. The summed E-state index contributed by atoms with van der Waals surface area (Å²) in [4.78, 5) is 26.7. The van der Waals surface area contributed by atoms with Gasteiger partial charge in [0.1, 0.15) is 6.26 Å². The predicted octanol–water partition coefficient (Wildman–Crippen LogP) is 0.939. The molecule has 1 fully saturated rings. The summed E-state index contributed by atoms with van der Waals surface area (Å²) >= 11 is 0. The van der Waals surface area contributed by atoms with Gasteiger partial charge < -0.3 is 9.73 Å². The Kier molecular flexibility index (Phi) is 3.22. The van der Waals surface area contributed by atoms with Gasteiger partial charge in [0.2, 0.25) is 5.91 Å². The Balaban J connectivity index is 1.92. The molecule has 0 spiro atoms. The highest BCUT2D eigenvalue weighted by Gasteiger charge is 2.30. The van der Waals surface area contributed by atoms with Crippen molar-refractivity contribution in [2.45, 2.75) is 12.8 Å². The highest BCUT2D eigenvalue weighted by Crippen LogP contribution is 2.29. The lowest BCUT2D eigenvalue weighted by Gasteiger charge is -1.97. The van der Waals surface area contributed by atoms with E-state index in [4.69, 9.17) is 4.42 Å². The number of anilines is 1. The molecule has 0 aromatic carbocycles. The van der Waals surface area contributed by atoms with E-state index in [2.05, 4.69) is 22.2 Å². The fourth-order valence-corrected chi connectivity index (χ4v) is 1.24. The number of carbonyl (C=O) groups is 2. The molecule has 6 nitrogen and oxygen atoms in total. The van der Waals surface area contributed by atoms with E-state index < -0.39 is 0 Å². The zero-order valence-electron chi connectivity index (χ0n) is 9.23. The number of aromatic nitrogens is 1. The van der Waals surface area contributed by atoms with E-state index in [-0.39, 0.29) is 29.4 Å². The lowest BCUT2D eigenvalue weighted by atomic mass is 10.4. The van der Waals surface area contributed by atoms with E-state index in [0.717, 1.165) is 12.8 Å². The van der Waals surface area contributed by atoms with Gasteiger partial charge in [-0.15, -0.1) is 6.58 Å². The second-order valence-electron chi connectivity index (χ2n) is 3.80. The number of amides is 2. The summed E-state index contributed by atoms with van der Waals surface area (Å²) < 4.78 is 4.98. The standard InChI is InChI=1S/C11H13N3O3/c1-2-5-12-10(16)8-6-17-11(13-8)14-9(15)7-3-4-7/h2,6-7H,1,3-5H2,(H,12,16)(H,13,14,15). The van der Waals surface area contributed by atoms with Gasteiger partial charge in [-0.1, -0.05) is 6.08 Å². The second-order valence-corrected chi connectivity index (χ2v) is 3.80. The van der Waals surface area contributed by atoms with Crippen molar-refractivity contribution in [3.05, 3.63) is 24.6 Å². The van der Waals surface area contributed by atoms with E-state index >= 15 is 0 Å². The first kappa shape index (κ1) is 11.4. The van der Waals surface area contributed by atoms with Crippen molar-refractivity contribution >= 4 is 17.8 Å². The lowest BCUT2D eigenvalue weighted by Crippen LogP contribution is -2.23. The van der Waals surface area contributed by atoms with E-state index in [1.807, 2.05) is 0 Å². The number of carbonyl (C=O) groups excluding carboxylic acids is 2. The smallest absolute Gasteiger partial charge is 0.302 e. The molecule has 1 aromatic heterocycles. The van der Waals surface area contributed by atoms with E-state index in [9.17, 15) is 9.59 Å². The maximum atomic E-state index is 11.5. The zero-order valence-corrected chi connectivity index (χ0v) is 9.23. The van der Waals surface area contributed by atoms with Gasteiger partial charge in [-0.2, -0.15) is 4.98 Å². The van der Waals surface area contributed by atoms with Crippen molar-refractivity contribution in [1.29, 1.82) is 0 Å². The van der Waals surface area contributed by atoms with Gasteiger partial charge in [0, 0.05) is 12.5 Å². The van der Waals surface area contributed by atoms with Gasteiger partial charge in [-0.3, -0.25) is 14.9 Å². The molecule has 17 heavy (non-hydrogen) atoms. The number of hydrogen-bond acceptors (Lipinski definition) is 4. The van der Waals surface area contributed by atoms with Crippen LogP contribution in [-0.2, 0) is 4.79 Å². The Morgan fingerprint density at radius 3 is 3.00 bits per heavy atom. The quantitative estimate of drug-likeness (QED) is 0.744. The summed E-state index contributed by atoms with van der Waals surface area (Å²) in [5.41, 5.74) is 0.137. The van der Waals surface area contributed by atoms with E-state index in [0.29, 0.717) is 6.54 Å². The Morgan fingerprint density at radius 2 is 2.35 bits per heavy atom. The molecule has 0 saturated heterocycles. The van der Waals surface area contributed by atoms with Crippen molar-refractivity contribution in [1.82, 2.24) is 10.3 Å². The molecule has 1 aromatic rings. The highest BCUT2D eigenvalue weighted by molar-refractivity contribution is 5.94. The Hall–Kier alpha value is -2.11. The van der Waals surface area contributed by atoms with Crippen LogP contribution in [0, 0.1) is 5.92 Å². The third-order valence-corrected chi connectivity index (χ3v) is 2.32. The molecule has 2 amide bonds. The average molecular weight is 235 g/mol. The number of nitrogens with one attached hydrogen (secondary N) is 2. The highest BCUT2D eigenvalue weighted by atomic mass is 16.4. The van der Waals surface area contributed by atoms with Gasteiger partial charge in [0.25, 0.3) is 5.91 Å². The zero-order chi connectivity index (χ0) is 12.3. The Bertz CT molecular complexity index is 449. The molecule has 0 radical (unpaired) electrons. The van der Waals surface area contributed by atoms with Crippen molar-refractivity contribution in [2.24, 2.45) is 5.92 Å². The summed E-state index contributed by atoms with van der Waals surface area (Å²) in [5.74, 6) is -0.398. The summed E-state index contributed by atoms with van der Waals surface area (Å²) in [6.07, 6.45) is 4.58. The molecule has 0 bridgehead atoms. The van der Waals surface area contributed by atoms with E-state index in [1.54, 1.807) is 6.08 Å². The minimum atomic E-state index is -0.361. The van der Waals surface area contributed by atoms with Crippen molar-refractivity contribution in [3.63, 3.8) is 0 Å². The maximum absolute atomic E-state index is 11.5. The topological polar surface area (TPSA) is 84.2 Å². The Morgan fingerprint density at radius 1 is 1.59 bits per heavy atom. The third-order valence-electron chi connectivity index (χ3n) is 2.32. The summed E-state index contributed by atoms with van der Waals surface area (Å²) in [7, 11) is 0. The molecule has 90 valence electrons. The van der Waals surface area contributed by atoms with Crippen LogP contribution >= 0.6 is 0 Å². The molecule has 1 aliphatic rings. The van der Waals surface area contributed by atoms with Gasteiger partial charge >= 0.3 is 6.01 Å². The molecule has 0 aliphatic heterocycles. The molecule has 6 heteroatoms. The lowest BCUT2D eigenvalue weighted by molar-refractivity contribution is -0.117. The van der Waals surface area contributed by atoms with Gasteiger partial charge in [-0.05, 0) is 12.8 Å². The molecule has 0 atom stereocenters. The molecule has 1 aliphatic carbocycles. The molecule has 2 rings (SSSR count). The minimum Gasteiger partial charge on any atom is -0.431 e. The first-order valence-corrected chi connectivity index (χ1v) is 5.36. The molecular formula is C11H13N3O3. The van der Waals surface area contributed by atoms with Gasteiger partial charge in [-0.25, -0.2) is 0 Å². The Labute approximate surface area is 98.1 Å². The van der Waals surface area contributed by atoms with Crippen molar-refractivity contribution < 1.29 is 14.0 Å². The number of rotatable bonds is 5. The maximum Gasteiger partial charge on any atom is 0.302 e. The van der Waals surface area contributed by atoms with Crippen LogP contribution in [0.25, 0.3) is 0 Å². The molecule has 0 unspecified atom stereocenters. The molecule has 2 N–H and O–H groups in total. The van der Waals surface area contributed by atoms with Crippen molar-refractivity contribution in [3.8, 4) is 0 Å². The third kappa shape index (κ3) is 2.93. The fraction of sp³-hybridized carbons (Fsp3) is 0.364. The molecular weight excluding hydrogens is 222 g/mol.